The van der Waals surface area contributed by atoms with Gasteiger partial charge in [0, 0.05) is 23.8 Å². The lowest BCUT2D eigenvalue weighted by Crippen LogP contribution is -2.30. The maximum atomic E-state index is 11.6. The number of rotatable bonds is 20. The summed E-state index contributed by atoms with van der Waals surface area (Å²) in [6.45, 7) is 1.80. The number of aliphatic hydroxyl groups excluding tert-OH is 1. The highest BCUT2D eigenvalue weighted by Crippen LogP contribution is 2.21. The number of aliphatic hydroxyl groups is 1. The fourth-order valence-electron chi connectivity index (χ4n) is 2.91. The summed E-state index contributed by atoms with van der Waals surface area (Å²) in [5, 5.41) is 29.7. The van der Waals surface area contributed by atoms with E-state index >= 15 is 0 Å². The third-order valence-corrected chi connectivity index (χ3v) is 5.96. The predicted octanol–water partition coefficient (Wildman–Crippen LogP) is 3.99. The number of carboxylic acids is 2. The van der Waals surface area contributed by atoms with E-state index in [-0.39, 0.29) is 30.4 Å². The normalized spacial score (nSPS) is 13.3. The lowest BCUT2D eigenvalue weighted by atomic mass is 10.1. The van der Waals surface area contributed by atoms with Gasteiger partial charge in [0.1, 0.15) is 6.54 Å². The fraction of sp³-hybridized carbons (Fsp3) is 0.773. The minimum absolute atomic E-state index is 0.108. The summed E-state index contributed by atoms with van der Waals surface area (Å²) in [5.74, 6) is -1.98. The van der Waals surface area contributed by atoms with Crippen LogP contribution in [0.4, 0.5) is 0 Å². The molecule has 0 aromatic heterocycles. The number of carboxylic acid groups (broad SMARTS) is 2. The molecule has 0 radical (unpaired) electrons. The van der Waals surface area contributed by atoms with Gasteiger partial charge in [0.25, 0.3) is 0 Å². The maximum Gasteiger partial charge on any atom is 0.322 e. The molecule has 0 rings (SSSR count). The summed E-state index contributed by atoms with van der Waals surface area (Å²) in [4.78, 5) is 32.8. The number of carbonyl (C=O) groups is 3. The van der Waals surface area contributed by atoms with Crippen LogP contribution >= 0.6 is 11.8 Å². The number of nitrogens with one attached hydrogen (secondary N) is 1. The van der Waals surface area contributed by atoms with Gasteiger partial charge < -0.3 is 20.6 Å². The summed E-state index contributed by atoms with van der Waals surface area (Å²) < 4.78 is 0. The summed E-state index contributed by atoms with van der Waals surface area (Å²) in [6.07, 6.45) is 14.2. The molecule has 0 aromatic carbocycles. The van der Waals surface area contributed by atoms with Crippen LogP contribution in [-0.2, 0) is 14.4 Å². The van der Waals surface area contributed by atoms with E-state index < -0.39 is 24.6 Å². The van der Waals surface area contributed by atoms with Crippen LogP contribution in [0, 0.1) is 0 Å². The number of aliphatic carboxylic acids is 2. The standard InChI is InChI=1S/C22H39NO6S/c1-2-3-4-5-6-7-8-9-10-11-12-19(18(24)13-14-21(26)27)30-16-15-20(25)23-17-22(28)29/h11-12,18-19,24H,2-10,13-17H2,1H3,(H,23,25)(H,26,27)(H,28,29)/b12-11-. The Morgan fingerprint density at radius 1 is 0.933 bits per heavy atom. The number of hydrogen-bond donors (Lipinski definition) is 4. The Kier molecular flexibility index (Phi) is 18.4. The number of unbranched alkanes of at least 4 members (excludes halogenated alkanes) is 8. The first-order chi connectivity index (χ1) is 14.4. The second-order valence-corrected chi connectivity index (χ2v) is 8.73. The first-order valence-electron chi connectivity index (χ1n) is 11.0. The molecule has 0 heterocycles. The molecule has 0 aliphatic heterocycles. The Bertz CT molecular complexity index is 512. The van der Waals surface area contributed by atoms with E-state index in [1.807, 2.05) is 12.2 Å². The zero-order valence-electron chi connectivity index (χ0n) is 18.2. The summed E-state index contributed by atoms with van der Waals surface area (Å²) >= 11 is 1.39. The van der Waals surface area contributed by atoms with Crippen molar-refractivity contribution in [2.45, 2.75) is 95.3 Å². The van der Waals surface area contributed by atoms with Crippen LogP contribution in [0.25, 0.3) is 0 Å². The third-order valence-electron chi connectivity index (χ3n) is 4.66. The van der Waals surface area contributed by atoms with Gasteiger partial charge in [-0.3, -0.25) is 14.4 Å². The first-order valence-corrected chi connectivity index (χ1v) is 12.1. The van der Waals surface area contributed by atoms with E-state index in [1.165, 1.54) is 56.7 Å². The molecule has 0 fully saturated rings. The lowest BCUT2D eigenvalue weighted by Gasteiger charge is -2.19. The van der Waals surface area contributed by atoms with Crippen molar-refractivity contribution < 1.29 is 29.7 Å². The van der Waals surface area contributed by atoms with E-state index in [9.17, 15) is 19.5 Å². The quantitative estimate of drug-likeness (QED) is 0.165. The number of allylic oxidation sites excluding steroid dienone is 1. The van der Waals surface area contributed by atoms with Crippen LogP contribution in [0.3, 0.4) is 0 Å². The molecule has 0 aliphatic carbocycles. The molecule has 0 aromatic rings. The van der Waals surface area contributed by atoms with Crippen LogP contribution in [-0.4, -0.2) is 56.8 Å². The molecule has 1 amide bonds. The number of amides is 1. The van der Waals surface area contributed by atoms with Gasteiger partial charge >= 0.3 is 11.9 Å². The molecule has 2 unspecified atom stereocenters. The van der Waals surface area contributed by atoms with E-state index in [2.05, 4.69) is 12.2 Å². The average molecular weight is 446 g/mol. The topological polar surface area (TPSA) is 124 Å². The third kappa shape index (κ3) is 18.5. The van der Waals surface area contributed by atoms with Crippen LogP contribution in [0.15, 0.2) is 12.2 Å². The second kappa shape index (κ2) is 19.4. The summed E-state index contributed by atoms with van der Waals surface area (Å²) in [5.41, 5.74) is 0. The second-order valence-electron chi connectivity index (χ2n) is 7.45. The first kappa shape index (κ1) is 28.5. The van der Waals surface area contributed by atoms with Gasteiger partial charge in [-0.2, -0.15) is 11.8 Å². The number of hydrogen-bond acceptors (Lipinski definition) is 5. The van der Waals surface area contributed by atoms with Gasteiger partial charge in [-0.15, -0.1) is 0 Å². The van der Waals surface area contributed by atoms with E-state index in [4.69, 9.17) is 10.2 Å². The molecule has 0 saturated carbocycles. The summed E-state index contributed by atoms with van der Waals surface area (Å²) in [7, 11) is 0. The van der Waals surface area contributed by atoms with Crippen molar-refractivity contribution in [2.75, 3.05) is 12.3 Å². The highest BCUT2D eigenvalue weighted by Gasteiger charge is 2.18. The largest absolute Gasteiger partial charge is 0.481 e. The molecule has 0 saturated heterocycles. The number of thioether (sulfide) groups is 1. The van der Waals surface area contributed by atoms with Crippen LogP contribution in [0.1, 0.15) is 84.0 Å². The molecule has 30 heavy (non-hydrogen) atoms. The van der Waals surface area contributed by atoms with Crippen molar-refractivity contribution in [3.8, 4) is 0 Å². The molecule has 4 N–H and O–H groups in total. The maximum absolute atomic E-state index is 11.6. The minimum Gasteiger partial charge on any atom is -0.481 e. The Hall–Kier alpha value is -1.54. The van der Waals surface area contributed by atoms with E-state index in [0.717, 1.165) is 12.8 Å². The highest BCUT2D eigenvalue weighted by molar-refractivity contribution is 8.00. The molecular formula is C22H39NO6S. The zero-order valence-corrected chi connectivity index (χ0v) is 19.0. The van der Waals surface area contributed by atoms with Crippen molar-refractivity contribution in [3.63, 3.8) is 0 Å². The molecule has 2 atom stereocenters. The van der Waals surface area contributed by atoms with Gasteiger partial charge in [0.2, 0.25) is 5.91 Å². The molecule has 0 bridgehead atoms. The Morgan fingerprint density at radius 2 is 1.57 bits per heavy atom. The van der Waals surface area contributed by atoms with Crippen LogP contribution < -0.4 is 5.32 Å². The van der Waals surface area contributed by atoms with Gasteiger partial charge in [-0.1, -0.05) is 64.0 Å². The van der Waals surface area contributed by atoms with Crippen molar-refractivity contribution in [3.05, 3.63) is 12.2 Å². The van der Waals surface area contributed by atoms with Gasteiger partial charge in [0.05, 0.1) is 6.10 Å². The van der Waals surface area contributed by atoms with Crippen molar-refractivity contribution in [1.29, 1.82) is 0 Å². The fourth-order valence-corrected chi connectivity index (χ4v) is 4.06. The van der Waals surface area contributed by atoms with Crippen molar-refractivity contribution >= 4 is 29.6 Å². The average Bonchev–Trinajstić information content (AvgIpc) is 2.70. The van der Waals surface area contributed by atoms with Gasteiger partial charge in [-0.25, -0.2) is 0 Å². The van der Waals surface area contributed by atoms with Crippen molar-refractivity contribution in [2.24, 2.45) is 0 Å². The highest BCUT2D eigenvalue weighted by atomic mass is 32.2. The Labute approximate surface area is 184 Å². The summed E-state index contributed by atoms with van der Waals surface area (Å²) in [6, 6.07) is 0. The predicted molar refractivity (Wildman–Crippen MR) is 121 cm³/mol. The minimum atomic E-state index is -1.10. The van der Waals surface area contributed by atoms with Crippen molar-refractivity contribution in [1.82, 2.24) is 5.32 Å². The Balaban J connectivity index is 4.25. The van der Waals surface area contributed by atoms with E-state index in [1.54, 1.807) is 0 Å². The zero-order chi connectivity index (χ0) is 22.6. The number of carbonyl (C=O) groups excluding carboxylic acids is 1. The van der Waals surface area contributed by atoms with Crippen LogP contribution in [0.5, 0.6) is 0 Å². The molecule has 7 nitrogen and oxygen atoms in total. The molecule has 174 valence electrons. The van der Waals surface area contributed by atoms with Gasteiger partial charge in [0.15, 0.2) is 0 Å². The monoisotopic (exact) mass is 445 g/mol. The SMILES string of the molecule is CCCCCCCCCC/C=C\C(SCCC(=O)NCC(=O)O)C(O)CCC(=O)O. The Morgan fingerprint density at radius 3 is 2.17 bits per heavy atom. The molecule has 0 aliphatic rings. The lowest BCUT2D eigenvalue weighted by molar-refractivity contribution is -0.138. The smallest absolute Gasteiger partial charge is 0.322 e. The van der Waals surface area contributed by atoms with E-state index in [0.29, 0.717) is 5.75 Å². The van der Waals surface area contributed by atoms with Gasteiger partial charge in [-0.05, 0) is 19.3 Å². The molecule has 8 heteroatoms. The molecular weight excluding hydrogens is 406 g/mol. The molecule has 0 spiro atoms. The van der Waals surface area contributed by atoms with Crippen LogP contribution in [0.2, 0.25) is 0 Å².